The van der Waals surface area contributed by atoms with Crippen molar-refractivity contribution in [2.24, 2.45) is 23.7 Å². The van der Waals surface area contributed by atoms with Gasteiger partial charge in [-0.1, -0.05) is 181 Å². The third-order valence-electron chi connectivity index (χ3n) is 10.7. The molecule has 0 N–H and O–H groups in total. The molecule has 0 radical (unpaired) electrons. The average molecular weight is 547 g/mol. The first-order valence-corrected chi connectivity index (χ1v) is 18.9. The Morgan fingerprint density at radius 3 is 0.897 bits per heavy atom. The van der Waals surface area contributed by atoms with Crippen LogP contribution in [-0.4, -0.2) is 13.2 Å². The predicted molar refractivity (Wildman–Crippen MR) is 175 cm³/mol. The minimum atomic E-state index is 1.00. The van der Waals surface area contributed by atoms with Crippen LogP contribution in [-0.2, 0) is 4.74 Å². The first-order chi connectivity index (χ1) is 19.3. The molecule has 0 bridgehead atoms. The second kappa shape index (κ2) is 25.7. The summed E-state index contributed by atoms with van der Waals surface area (Å²) in [7, 11) is 0. The van der Waals surface area contributed by atoms with E-state index in [1.165, 1.54) is 193 Å². The molecule has 0 unspecified atom stereocenters. The lowest BCUT2D eigenvalue weighted by Gasteiger charge is -2.29. The molecule has 232 valence electrons. The molecule has 2 saturated carbocycles. The summed E-state index contributed by atoms with van der Waals surface area (Å²) in [5.41, 5.74) is 0. The summed E-state index contributed by atoms with van der Waals surface area (Å²) >= 11 is 0. The van der Waals surface area contributed by atoms with Crippen LogP contribution in [0.3, 0.4) is 0 Å². The van der Waals surface area contributed by atoms with Gasteiger partial charge in [0.1, 0.15) is 0 Å². The van der Waals surface area contributed by atoms with Gasteiger partial charge in [0.05, 0.1) is 0 Å². The van der Waals surface area contributed by atoms with E-state index in [2.05, 4.69) is 13.8 Å². The standard InChI is InChI=1S/C38H74O/c1-3-5-7-9-11-13-15-17-21-35-25-29-37(30-26-35)23-19-33-39-34-20-24-38-31-27-36(28-32-38)22-18-16-14-12-10-8-6-4-2/h35-38H,3-34H2,1-2H3. The van der Waals surface area contributed by atoms with E-state index in [0.717, 1.165) is 36.9 Å². The summed E-state index contributed by atoms with van der Waals surface area (Å²) in [5, 5.41) is 0. The number of rotatable bonds is 26. The monoisotopic (exact) mass is 547 g/mol. The maximum atomic E-state index is 6.07. The Labute approximate surface area is 247 Å². The fraction of sp³-hybridized carbons (Fsp3) is 1.00. The summed E-state index contributed by atoms with van der Waals surface area (Å²) in [5.74, 6) is 4.12. The molecule has 1 heteroatoms. The van der Waals surface area contributed by atoms with Gasteiger partial charge in [0, 0.05) is 13.2 Å². The topological polar surface area (TPSA) is 9.23 Å². The van der Waals surface area contributed by atoms with Crippen molar-refractivity contribution >= 4 is 0 Å². The Kier molecular flexibility index (Phi) is 23.1. The maximum Gasteiger partial charge on any atom is 0.0466 e. The molecule has 0 atom stereocenters. The maximum absolute atomic E-state index is 6.07. The van der Waals surface area contributed by atoms with Crippen LogP contribution in [0, 0.1) is 23.7 Å². The van der Waals surface area contributed by atoms with E-state index in [1.54, 1.807) is 0 Å². The van der Waals surface area contributed by atoms with Crippen LogP contribution >= 0.6 is 0 Å². The van der Waals surface area contributed by atoms with E-state index in [9.17, 15) is 0 Å². The largest absolute Gasteiger partial charge is 0.381 e. The highest BCUT2D eigenvalue weighted by Gasteiger charge is 2.21. The second-order valence-electron chi connectivity index (χ2n) is 14.2. The van der Waals surface area contributed by atoms with Gasteiger partial charge in [-0.05, 0) is 49.4 Å². The first-order valence-electron chi connectivity index (χ1n) is 18.9. The third-order valence-corrected chi connectivity index (χ3v) is 10.7. The summed E-state index contributed by atoms with van der Waals surface area (Å²) in [6.45, 7) is 6.66. The molecule has 39 heavy (non-hydrogen) atoms. The minimum absolute atomic E-state index is 1.00. The molecule has 1 nitrogen and oxygen atoms in total. The molecule has 0 amide bonds. The van der Waals surface area contributed by atoms with Gasteiger partial charge in [-0.25, -0.2) is 0 Å². The normalized spacial score (nSPS) is 23.8. The van der Waals surface area contributed by atoms with Gasteiger partial charge >= 0.3 is 0 Å². The molecule has 0 heterocycles. The lowest BCUT2D eigenvalue weighted by atomic mass is 9.78. The van der Waals surface area contributed by atoms with E-state index in [-0.39, 0.29) is 0 Å². The van der Waals surface area contributed by atoms with Crippen molar-refractivity contribution < 1.29 is 4.74 Å². The average Bonchev–Trinajstić information content (AvgIpc) is 2.97. The molecular formula is C38H74O. The summed E-state index contributed by atoms with van der Waals surface area (Å²) < 4.78 is 6.07. The molecular weight excluding hydrogens is 472 g/mol. The second-order valence-corrected chi connectivity index (χ2v) is 14.2. The minimum Gasteiger partial charge on any atom is -0.381 e. The van der Waals surface area contributed by atoms with Crippen LogP contribution in [0.15, 0.2) is 0 Å². The zero-order valence-corrected chi connectivity index (χ0v) is 27.3. The lowest BCUT2D eigenvalue weighted by molar-refractivity contribution is 0.113. The molecule has 0 aliphatic heterocycles. The summed E-state index contributed by atoms with van der Waals surface area (Å²) in [4.78, 5) is 0. The molecule has 0 aromatic carbocycles. The fourth-order valence-electron chi connectivity index (χ4n) is 7.80. The van der Waals surface area contributed by atoms with Gasteiger partial charge in [-0.15, -0.1) is 0 Å². The number of ether oxygens (including phenoxy) is 1. The molecule has 2 rings (SSSR count). The SMILES string of the molecule is CCCCCCCCCCC1CCC(CCCOCCCC2CCC(CCCCCCCCCC)CC2)CC1. The van der Waals surface area contributed by atoms with Gasteiger partial charge in [0.15, 0.2) is 0 Å². The van der Waals surface area contributed by atoms with E-state index in [0.29, 0.717) is 0 Å². The van der Waals surface area contributed by atoms with Gasteiger partial charge in [-0.3, -0.25) is 0 Å². The number of hydrogen-bond acceptors (Lipinski definition) is 1. The van der Waals surface area contributed by atoms with Crippen molar-refractivity contribution in [2.75, 3.05) is 13.2 Å². The smallest absolute Gasteiger partial charge is 0.0466 e. The van der Waals surface area contributed by atoms with Crippen molar-refractivity contribution in [1.29, 1.82) is 0 Å². The van der Waals surface area contributed by atoms with Crippen LogP contribution in [0.1, 0.15) is 206 Å². The molecule has 0 aromatic rings. The molecule has 0 saturated heterocycles. The quantitative estimate of drug-likeness (QED) is 0.0980. The van der Waals surface area contributed by atoms with E-state index in [4.69, 9.17) is 4.74 Å². The van der Waals surface area contributed by atoms with Gasteiger partial charge in [-0.2, -0.15) is 0 Å². The lowest BCUT2D eigenvalue weighted by Crippen LogP contribution is -2.16. The van der Waals surface area contributed by atoms with Crippen LogP contribution < -0.4 is 0 Å². The Balaban J connectivity index is 1.30. The molecule has 0 aromatic heterocycles. The van der Waals surface area contributed by atoms with Gasteiger partial charge < -0.3 is 4.74 Å². The van der Waals surface area contributed by atoms with Crippen molar-refractivity contribution in [3.8, 4) is 0 Å². The highest BCUT2D eigenvalue weighted by Crippen LogP contribution is 2.35. The number of hydrogen-bond donors (Lipinski definition) is 0. The Hall–Kier alpha value is -0.0400. The zero-order valence-electron chi connectivity index (χ0n) is 27.3. The van der Waals surface area contributed by atoms with E-state index < -0.39 is 0 Å². The van der Waals surface area contributed by atoms with Crippen molar-refractivity contribution in [3.05, 3.63) is 0 Å². The molecule has 2 fully saturated rings. The number of unbranched alkanes of at least 4 members (excludes halogenated alkanes) is 14. The Morgan fingerprint density at radius 2 is 0.590 bits per heavy atom. The highest BCUT2D eigenvalue weighted by molar-refractivity contribution is 4.74. The third kappa shape index (κ3) is 19.7. The molecule has 2 aliphatic carbocycles. The zero-order chi connectivity index (χ0) is 27.6. The van der Waals surface area contributed by atoms with Crippen LogP contribution in [0.2, 0.25) is 0 Å². The summed E-state index contributed by atoms with van der Waals surface area (Å²) in [6.07, 6.45) is 44.0. The predicted octanol–water partition coefficient (Wildman–Crippen LogP) is 13.2. The van der Waals surface area contributed by atoms with Crippen LogP contribution in [0.4, 0.5) is 0 Å². The summed E-state index contributed by atoms with van der Waals surface area (Å²) in [6, 6.07) is 0. The van der Waals surface area contributed by atoms with E-state index in [1.807, 2.05) is 0 Å². The Bertz CT molecular complexity index is 441. The molecule has 2 aliphatic rings. The van der Waals surface area contributed by atoms with Gasteiger partial charge in [0.25, 0.3) is 0 Å². The highest BCUT2D eigenvalue weighted by atomic mass is 16.5. The van der Waals surface area contributed by atoms with Crippen molar-refractivity contribution in [1.82, 2.24) is 0 Å². The van der Waals surface area contributed by atoms with Crippen molar-refractivity contribution in [2.45, 2.75) is 206 Å². The van der Waals surface area contributed by atoms with Crippen LogP contribution in [0.5, 0.6) is 0 Å². The molecule has 0 spiro atoms. The van der Waals surface area contributed by atoms with Crippen LogP contribution in [0.25, 0.3) is 0 Å². The Morgan fingerprint density at radius 1 is 0.333 bits per heavy atom. The fourth-order valence-corrected chi connectivity index (χ4v) is 7.80. The first kappa shape index (κ1) is 35.2. The van der Waals surface area contributed by atoms with Crippen molar-refractivity contribution in [3.63, 3.8) is 0 Å². The van der Waals surface area contributed by atoms with Gasteiger partial charge in [0.2, 0.25) is 0 Å². The van der Waals surface area contributed by atoms with E-state index >= 15 is 0 Å².